The maximum Gasteiger partial charge on any atom is 0.258 e. The zero-order valence-electron chi connectivity index (χ0n) is 17.1. The van der Waals surface area contributed by atoms with E-state index in [9.17, 15) is 4.79 Å². The molecule has 31 heavy (non-hydrogen) atoms. The maximum atomic E-state index is 12.9. The van der Waals surface area contributed by atoms with Crippen molar-refractivity contribution >= 4 is 39.9 Å². The van der Waals surface area contributed by atoms with Crippen LogP contribution >= 0.6 is 0 Å². The van der Waals surface area contributed by atoms with E-state index in [2.05, 4.69) is 27.7 Å². The molecule has 156 valence electrons. The Labute approximate surface area is 181 Å². The van der Waals surface area contributed by atoms with E-state index in [-0.39, 0.29) is 5.91 Å². The maximum absolute atomic E-state index is 12.9. The Morgan fingerprint density at radius 3 is 2.45 bits per heavy atom. The molecule has 6 heteroatoms. The number of nitrogens with zero attached hydrogens (tertiary/aromatic N) is 1. The van der Waals surface area contributed by atoms with E-state index in [0.717, 1.165) is 54.5 Å². The lowest BCUT2D eigenvalue weighted by Gasteiger charge is -2.29. The molecule has 3 aromatic rings. The zero-order chi connectivity index (χ0) is 21.2. The fraction of sp³-hybridized carbons (Fsp3) is 0.160. The second-order valence-corrected chi connectivity index (χ2v) is 7.65. The van der Waals surface area contributed by atoms with Crippen molar-refractivity contribution in [3.05, 3.63) is 83.9 Å². The van der Waals surface area contributed by atoms with Gasteiger partial charge in [-0.2, -0.15) is 0 Å². The lowest BCUT2D eigenvalue weighted by Crippen LogP contribution is -2.36. The molecule has 1 amide bonds. The molecule has 2 aliphatic rings. The lowest BCUT2D eigenvalue weighted by atomic mass is 9.99. The zero-order valence-corrected chi connectivity index (χ0v) is 17.1. The molecule has 0 atom stereocenters. The van der Waals surface area contributed by atoms with Gasteiger partial charge in [-0.25, -0.2) is 0 Å². The van der Waals surface area contributed by atoms with Gasteiger partial charge in [-0.3, -0.25) is 4.79 Å². The van der Waals surface area contributed by atoms with Gasteiger partial charge < -0.3 is 26.0 Å². The molecular formula is C25H24N4O2. The number of carbonyl (C=O) groups is 1. The summed E-state index contributed by atoms with van der Waals surface area (Å²) >= 11 is 0. The topological polar surface area (TPSA) is 79.6 Å². The summed E-state index contributed by atoms with van der Waals surface area (Å²) in [5, 5.41) is 6.44. The largest absolute Gasteiger partial charge is 0.399 e. The molecule has 4 N–H and O–H groups in total. The van der Waals surface area contributed by atoms with Crippen LogP contribution in [0.4, 0.5) is 22.7 Å². The van der Waals surface area contributed by atoms with E-state index in [1.165, 1.54) is 5.69 Å². The smallest absolute Gasteiger partial charge is 0.258 e. The monoisotopic (exact) mass is 412 g/mol. The Bertz CT molecular complexity index is 1130. The van der Waals surface area contributed by atoms with Gasteiger partial charge in [-0.05, 0) is 48.0 Å². The van der Waals surface area contributed by atoms with Crippen molar-refractivity contribution in [3.8, 4) is 0 Å². The Hall–Kier alpha value is -3.77. The number of anilines is 4. The predicted octanol–water partition coefficient (Wildman–Crippen LogP) is 4.04. The molecule has 0 radical (unpaired) electrons. The standard InChI is InChI=1S/C25H24N4O2/c26-18-6-11-22-21(16-18)23(25(30)28-22)24(17-4-2-1-3-5-17)27-19-7-9-20(10-8-19)29-12-14-31-15-13-29/h1-11,16,27H,12-15,26H2,(H,28,30). The number of nitrogens with two attached hydrogens (primary N) is 1. The van der Waals surface area contributed by atoms with E-state index in [0.29, 0.717) is 11.3 Å². The Kier molecular flexibility index (Phi) is 5.06. The number of fused-ring (bicyclic) bond motifs is 1. The SMILES string of the molecule is Nc1ccc2c(c1)C(=C(Nc1ccc(N3CCOCC3)cc1)c1ccccc1)C(=O)N2. The van der Waals surface area contributed by atoms with Crippen LogP contribution in [0.1, 0.15) is 11.1 Å². The van der Waals surface area contributed by atoms with E-state index in [4.69, 9.17) is 10.5 Å². The van der Waals surface area contributed by atoms with E-state index >= 15 is 0 Å². The molecule has 3 aromatic carbocycles. The van der Waals surface area contributed by atoms with Crippen LogP contribution in [0.3, 0.4) is 0 Å². The van der Waals surface area contributed by atoms with Crippen molar-refractivity contribution < 1.29 is 9.53 Å². The summed E-state index contributed by atoms with van der Waals surface area (Å²) in [6, 6.07) is 23.6. The number of carbonyl (C=O) groups excluding carboxylic acids is 1. The number of benzene rings is 3. The fourth-order valence-electron chi connectivity index (χ4n) is 4.04. The molecule has 0 aliphatic carbocycles. The van der Waals surface area contributed by atoms with Crippen molar-refractivity contribution in [2.24, 2.45) is 0 Å². The summed E-state index contributed by atoms with van der Waals surface area (Å²) in [7, 11) is 0. The first-order chi connectivity index (χ1) is 15.2. The molecule has 1 fully saturated rings. The summed E-state index contributed by atoms with van der Waals surface area (Å²) < 4.78 is 5.44. The van der Waals surface area contributed by atoms with E-state index in [1.807, 2.05) is 54.6 Å². The van der Waals surface area contributed by atoms with E-state index < -0.39 is 0 Å². The number of nitrogens with one attached hydrogen (secondary N) is 2. The highest BCUT2D eigenvalue weighted by Gasteiger charge is 2.28. The summed E-state index contributed by atoms with van der Waals surface area (Å²) in [5.41, 5.74) is 12.6. The van der Waals surface area contributed by atoms with Crippen LogP contribution in [-0.4, -0.2) is 32.2 Å². The number of ether oxygens (including phenoxy) is 1. The third-order valence-corrected chi connectivity index (χ3v) is 5.61. The third-order valence-electron chi connectivity index (χ3n) is 5.61. The first-order valence-electron chi connectivity index (χ1n) is 10.4. The quantitative estimate of drug-likeness (QED) is 0.445. The molecule has 0 unspecified atom stereocenters. The van der Waals surface area contributed by atoms with Crippen LogP contribution in [0.15, 0.2) is 72.8 Å². The first-order valence-corrected chi connectivity index (χ1v) is 10.4. The van der Waals surface area contributed by atoms with Crippen molar-refractivity contribution in [1.82, 2.24) is 0 Å². The summed E-state index contributed by atoms with van der Waals surface area (Å²) in [5.74, 6) is -0.142. The molecule has 2 heterocycles. The highest BCUT2D eigenvalue weighted by Crippen LogP contribution is 2.38. The van der Waals surface area contributed by atoms with Crippen molar-refractivity contribution in [1.29, 1.82) is 0 Å². The van der Waals surface area contributed by atoms with Crippen LogP contribution in [-0.2, 0) is 9.53 Å². The van der Waals surface area contributed by atoms with Crippen LogP contribution in [0.2, 0.25) is 0 Å². The number of rotatable bonds is 4. The van der Waals surface area contributed by atoms with E-state index in [1.54, 1.807) is 6.07 Å². The highest BCUT2D eigenvalue weighted by molar-refractivity contribution is 6.37. The molecule has 0 bridgehead atoms. The van der Waals surface area contributed by atoms with Gasteiger partial charge in [0.25, 0.3) is 5.91 Å². The van der Waals surface area contributed by atoms with Gasteiger partial charge in [0, 0.05) is 41.4 Å². The minimum absolute atomic E-state index is 0.142. The normalized spacial score (nSPS) is 17.2. The Balaban J connectivity index is 1.54. The van der Waals surface area contributed by atoms with Gasteiger partial charge in [0.1, 0.15) is 0 Å². The lowest BCUT2D eigenvalue weighted by molar-refractivity contribution is -0.110. The molecule has 6 nitrogen and oxygen atoms in total. The van der Waals surface area contributed by atoms with Crippen molar-refractivity contribution in [2.75, 3.05) is 47.6 Å². The Morgan fingerprint density at radius 1 is 0.968 bits per heavy atom. The van der Waals surface area contributed by atoms with Crippen molar-refractivity contribution in [3.63, 3.8) is 0 Å². The predicted molar refractivity (Wildman–Crippen MR) is 126 cm³/mol. The first kappa shape index (κ1) is 19.2. The van der Waals surface area contributed by atoms with Crippen LogP contribution < -0.4 is 21.3 Å². The average Bonchev–Trinajstić information content (AvgIpc) is 3.14. The summed E-state index contributed by atoms with van der Waals surface area (Å²) in [4.78, 5) is 15.3. The molecule has 0 saturated carbocycles. The van der Waals surface area contributed by atoms with Crippen LogP contribution in [0.25, 0.3) is 11.3 Å². The van der Waals surface area contributed by atoms with Crippen molar-refractivity contribution in [2.45, 2.75) is 0 Å². The molecule has 0 aromatic heterocycles. The fourth-order valence-corrected chi connectivity index (χ4v) is 4.04. The summed E-state index contributed by atoms with van der Waals surface area (Å²) in [6.45, 7) is 3.29. The molecular weight excluding hydrogens is 388 g/mol. The highest BCUT2D eigenvalue weighted by atomic mass is 16.5. The van der Waals surface area contributed by atoms with Crippen LogP contribution in [0.5, 0.6) is 0 Å². The summed E-state index contributed by atoms with van der Waals surface area (Å²) in [6.07, 6.45) is 0. The number of amides is 1. The number of hydrogen-bond acceptors (Lipinski definition) is 5. The molecule has 0 spiro atoms. The number of morpholine rings is 1. The molecule has 5 rings (SSSR count). The Morgan fingerprint density at radius 2 is 1.71 bits per heavy atom. The number of hydrogen-bond donors (Lipinski definition) is 3. The van der Waals surface area contributed by atoms with Gasteiger partial charge >= 0.3 is 0 Å². The van der Waals surface area contributed by atoms with Gasteiger partial charge in [-0.15, -0.1) is 0 Å². The molecule has 1 saturated heterocycles. The third kappa shape index (κ3) is 3.85. The number of nitrogen functional groups attached to an aromatic ring is 1. The minimum Gasteiger partial charge on any atom is -0.399 e. The average molecular weight is 412 g/mol. The van der Waals surface area contributed by atoms with Gasteiger partial charge in [0.2, 0.25) is 0 Å². The van der Waals surface area contributed by atoms with Crippen LogP contribution in [0, 0.1) is 0 Å². The second kappa shape index (κ2) is 8.16. The van der Waals surface area contributed by atoms with Gasteiger partial charge in [0.15, 0.2) is 0 Å². The molecule has 2 aliphatic heterocycles. The van der Waals surface area contributed by atoms with Gasteiger partial charge in [0.05, 0.1) is 24.5 Å². The van der Waals surface area contributed by atoms with Gasteiger partial charge in [-0.1, -0.05) is 30.3 Å². The second-order valence-electron chi connectivity index (χ2n) is 7.65. The minimum atomic E-state index is -0.142.